The molecule has 10 heteroatoms. The molecule has 34 heavy (non-hydrogen) atoms. The Bertz CT molecular complexity index is 1090. The predicted molar refractivity (Wildman–Crippen MR) is 125 cm³/mol. The maximum Gasteiger partial charge on any atom is 0.335 e. The standard InChI is InChI=1S/C20H25N3O.C4H6O6/c1-4-23(5-2)20(24)14-9-16-15-7-6-8-17-19(15)13(11-21-17)10-18(16)22(3)12-14;5-1(3(7)8)2(6)4(9)10/h6-9,11,14,18,21H,4-5,10,12H2,1-3H3;1-2,5-6H,(H,7,8)(H,9,10)/t14-,18-;1-,2-/m11/s1. The van der Waals surface area contributed by atoms with Crippen molar-refractivity contribution in [2.24, 2.45) is 5.92 Å². The van der Waals surface area contributed by atoms with Crippen molar-refractivity contribution >= 4 is 34.3 Å². The van der Waals surface area contributed by atoms with Crippen LogP contribution < -0.4 is 0 Å². The second kappa shape index (κ2) is 10.4. The molecule has 0 fully saturated rings. The lowest BCUT2D eigenvalue weighted by Crippen LogP contribution is -2.47. The van der Waals surface area contributed by atoms with E-state index < -0.39 is 24.1 Å². The van der Waals surface area contributed by atoms with E-state index in [2.05, 4.69) is 61.3 Å². The number of rotatable bonds is 6. The fourth-order valence-electron chi connectivity index (χ4n) is 4.65. The molecule has 2 aliphatic rings. The molecule has 5 N–H and O–H groups in total. The molecule has 0 spiro atoms. The fraction of sp³-hybridized carbons (Fsp3) is 0.458. The Labute approximate surface area is 197 Å². The summed E-state index contributed by atoms with van der Waals surface area (Å²) in [7, 11) is 2.15. The van der Waals surface area contributed by atoms with Gasteiger partial charge in [0.2, 0.25) is 5.91 Å². The highest BCUT2D eigenvalue weighted by molar-refractivity contribution is 5.99. The number of H-pyrrole nitrogens is 1. The Kier molecular flexibility index (Phi) is 7.75. The average molecular weight is 474 g/mol. The molecule has 4 atom stereocenters. The molecule has 0 saturated heterocycles. The zero-order valence-corrected chi connectivity index (χ0v) is 19.4. The number of hydrogen-bond acceptors (Lipinski definition) is 6. The number of carbonyl (C=O) groups is 3. The summed E-state index contributed by atoms with van der Waals surface area (Å²) in [5.74, 6) is -3.33. The van der Waals surface area contributed by atoms with Crippen LogP contribution in [0, 0.1) is 5.92 Å². The van der Waals surface area contributed by atoms with Gasteiger partial charge in [0, 0.05) is 42.8 Å². The van der Waals surface area contributed by atoms with Crippen LogP contribution in [0.5, 0.6) is 0 Å². The van der Waals surface area contributed by atoms with Gasteiger partial charge in [-0.1, -0.05) is 18.2 Å². The molecule has 0 unspecified atom stereocenters. The number of carboxylic acids is 2. The Morgan fingerprint density at radius 1 is 1.12 bits per heavy atom. The third kappa shape index (κ3) is 4.84. The number of likely N-dealkylation sites (N-methyl/N-ethyl adjacent to an activating group) is 1. The molecule has 1 amide bonds. The van der Waals surface area contributed by atoms with Crippen LogP contribution in [0.2, 0.25) is 0 Å². The van der Waals surface area contributed by atoms with Crippen LogP contribution in [0.15, 0.2) is 30.5 Å². The van der Waals surface area contributed by atoms with Crippen molar-refractivity contribution in [2.45, 2.75) is 38.5 Å². The van der Waals surface area contributed by atoms with Crippen LogP contribution in [0.25, 0.3) is 16.5 Å². The maximum absolute atomic E-state index is 12.9. The summed E-state index contributed by atoms with van der Waals surface area (Å²) in [4.78, 5) is 40.1. The third-order valence-electron chi connectivity index (χ3n) is 6.47. The number of benzene rings is 1. The lowest BCUT2D eigenvalue weighted by molar-refractivity contribution is -0.165. The molecule has 0 radical (unpaired) electrons. The van der Waals surface area contributed by atoms with Crippen LogP contribution in [-0.4, -0.2) is 98.0 Å². The van der Waals surface area contributed by atoms with Crippen LogP contribution in [-0.2, 0) is 20.8 Å². The van der Waals surface area contributed by atoms with E-state index in [1.807, 2.05) is 4.90 Å². The number of aliphatic hydroxyl groups is 2. The molecule has 1 aliphatic heterocycles. The van der Waals surface area contributed by atoms with E-state index in [-0.39, 0.29) is 11.8 Å². The Morgan fingerprint density at radius 3 is 2.29 bits per heavy atom. The summed E-state index contributed by atoms with van der Waals surface area (Å²) < 4.78 is 0. The number of fused-ring (bicyclic) bond motifs is 2. The Balaban J connectivity index is 0.000000277. The van der Waals surface area contributed by atoms with Crippen molar-refractivity contribution in [1.82, 2.24) is 14.8 Å². The summed E-state index contributed by atoms with van der Waals surface area (Å²) in [5, 5.41) is 33.9. The number of nitrogens with one attached hydrogen (secondary N) is 1. The first-order valence-corrected chi connectivity index (χ1v) is 11.2. The summed E-state index contributed by atoms with van der Waals surface area (Å²) in [5.41, 5.74) is 5.21. The topological polar surface area (TPSA) is 154 Å². The van der Waals surface area contributed by atoms with Crippen molar-refractivity contribution in [1.29, 1.82) is 0 Å². The van der Waals surface area contributed by atoms with Crippen LogP contribution in [0.3, 0.4) is 0 Å². The van der Waals surface area contributed by atoms with Crippen LogP contribution in [0.1, 0.15) is 25.0 Å². The molecular weight excluding hydrogens is 442 g/mol. The van der Waals surface area contributed by atoms with E-state index in [1.54, 1.807) is 0 Å². The Morgan fingerprint density at radius 2 is 1.74 bits per heavy atom. The molecular formula is C24H31N3O7. The molecule has 0 bridgehead atoms. The smallest absolute Gasteiger partial charge is 0.335 e. The SMILES string of the molecule is CCN(CC)C(=O)[C@@H]1C=C2c3cccc4[nH]cc(c34)C[C@H]2N(C)C1.O=C(O)[C@H](O)[C@@H](O)C(=O)O. The van der Waals surface area contributed by atoms with Gasteiger partial charge < -0.3 is 30.3 Å². The number of amides is 1. The summed E-state index contributed by atoms with van der Waals surface area (Å²) >= 11 is 0. The van der Waals surface area contributed by atoms with Crippen molar-refractivity contribution < 1.29 is 34.8 Å². The highest BCUT2D eigenvalue weighted by Crippen LogP contribution is 2.40. The molecule has 184 valence electrons. The number of aromatic nitrogens is 1. The average Bonchev–Trinajstić information content (AvgIpc) is 3.23. The molecule has 2 heterocycles. The van der Waals surface area contributed by atoms with Crippen molar-refractivity contribution in [2.75, 3.05) is 26.7 Å². The van der Waals surface area contributed by atoms with Gasteiger partial charge in [-0.2, -0.15) is 0 Å². The first-order valence-electron chi connectivity index (χ1n) is 11.2. The highest BCUT2D eigenvalue weighted by Gasteiger charge is 2.36. The molecule has 1 aliphatic carbocycles. The van der Waals surface area contributed by atoms with Gasteiger partial charge in [0.15, 0.2) is 12.2 Å². The number of aliphatic carboxylic acids is 2. The maximum atomic E-state index is 12.9. The van der Waals surface area contributed by atoms with Gasteiger partial charge in [0.1, 0.15) is 0 Å². The van der Waals surface area contributed by atoms with Gasteiger partial charge in [0.05, 0.1) is 5.92 Å². The molecule has 10 nitrogen and oxygen atoms in total. The molecule has 2 aromatic rings. The largest absolute Gasteiger partial charge is 0.479 e. The van der Waals surface area contributed by atoms with Crippen molar-refractivity contribution in [3.63, 3.8) is 0 Å². The van der Waals surface area contributed by atoms with E-state index in [4.69, 9.17) is 20.4 Å². The van der Waals surface area contributed by atoms with E-state index in [1.165, 1.54) is 27.6 Å². The van der Waals surface area contributed by atoms with E-state index in [9.17, 15) is 14.4 Å². The number of carboxylic acid groups (broad SMARTS) is 2. The van der Waals surface area contributed by atoms with Gasteiger partial charge in [-0.25, -0.2) is 9.59 Å². The van der Waals surface area contributed by atoms with Gasteiger partial charge in [0.25, 0.3) is 0 Å². The first-order chi connectivity index (χ1) is 16.1. The quantitative estimate of drug-likeness (QED) is 0.412. The molecule has 0 saturated carbocycles. The Hall–Kier alpha value is -3.21. The van der Waals surface area contributed by atoms with Crippen LogP contribution in [0.4, 0.5) is 0 Å². The molecule has 4 rings (SSSR count). The predicted octanol–water partition coefficient (Wildman–Crippen LogP) is 0.783. The second-order valence-corrected chi connectivity index (χ2v) is 8.51. The summed E-state index contributed by atoms with van der Waals surface area (Å²) in [6.45, 7) is 6.47. The van der Waals surface area contributed by atoms with Gasteiger partial charge in [-0.05, 0) is 50.1 Å². The van der Waals surface area contributed by atoms with Crippen LogP contribution >= 0.6 is 0 Å². The monoisotopic (exact) mass is 473 g/mol. The lowest BCUT2D eigenvalue weighted by Gasteiger charge is -2.40. The summed E-state index contributed by atoms with van der Waals surface area (Å²) in [6, 6.07) is 6.82. The number of nitrogens with zero attached hydrogens (tertiary/aromatic N) is 2. The molecule has 1 aromatic heterocycles. The minimum Gasteiger partial charge on any atom is -0.479 e. The third-order valence-corrected chi connectivity index (χ3v) is 6.47. The number of hydrogen-bond donors (Lipinski definition) is 5. The normalized spacial score (nSPS) is 20.9. The lowest BCUT2D eigenvalue weighted by atomic mass is 9.79. The first kappa shape index (κ1) is 25.4. The zero-order valence-electron chi connectivity index (χ0n) is 19.4. The minimum absolute atomic E-state index is 0.0445. The van der Waals surface area contributed by atoms with E-state index in [0.29, 0.717) is 6.04 Å². The van der Waals surface area contributed by atoms with Gasteiger partial charge in [-0.15, -0.1) is 0 Å². The zero-order chi connectivity index (χ0) is 25.2. The number of carbonyl (C=O) groups excluding carboxylic acids is 1. The number of aromatic amines is 1. The highest BCUT2D eigenvalue weighted by atomic mass is 16.4. The van der Waals surface area contributed by atoms with Gasteiger partial charge >= 0.3 is 11.9 Å². The number of aliphatic hydroxyl groups excluding tert-OH is 2. The molecule has 1 aromatic carbocycles. The van der Waals surface area contributed by atoms with Crippen molar-refractivity contribution in [3.05, 3.63) is 41.6 Å². The van der Waals surface area contributed by atoms with E-state index >= 15 is 0 Å². The van der Waals surface area contributed by atoms with E-state index in [0.717, 1.165) is 26.1 Å². The van der Waals surface area contributed by atoms with Crippen molar-refractivity contribution in [3.8, 4) is 0 Å². The van der Waals surface area contributed by atoms with Gasteiger partial charge in [-0.3, -0.25) is 9.69 Å². The fourth-order valence-corrected chi connectivity index (χ4v) is 4.65. The minimum atomic E-state index is -2.27. The second-order valence-electron chi connectivity index (χ2n) is 8.51. The summed E-state index contributed by atoms with van der Waals surface area (Å²) in [6.07, 6.45) is 0.878.